The fourth-order valence-corrected chi connectivity index (χ4v) is 3.31. The fraction of sp³-hybridized carbons (Fsp3) is 0.550. The van der Waals surface area contributed by atoms with Crippen molar-refractivity contribution in [3.63, 3.8) is 0 Å². The summed E-state index contributed by atoms with van der Waals surface area (Å²) in [7, 11) is 1.78. The van der Waals surface area contributed by atoms with Crippen LogP contribution >= 0.6 is 24.0 Å². The monoisotopic (exact) mass is 489 g/mol. The van der Waals surface area contributed by atoms with Gasteiger partial charge >= 0.3 is 0 Å². The number of hydrogen-bond acceptors (Lipinski definition) is 2. The van der Waals surface area contributed by atoms with Gasteiger partial charge in [-0.25, -0.2) is 4.39 Å². The van der Waals surface area contributed by atoms with Gasteiger partial charge in [0.25, 0.3) is 0 Å². The van der Waals surface area contributed by atoms with E-state index in [9.17, 15) is 4.39 Å². The van der Waals surface area contributed by atoms with Gasteiger partial charge in [0.2, 0.25) is 0 Å². The highest BCUT2D eigenvalue weighted by Gasteiger charge is 2.12. The zero-order valence-electron chi connectivity index (χ0n) is 17.0. The van der Waals surface area contributed by atoms with Crippen LogP contribution in [0.15, 0.2) is 29.4 Å². The summed E-state index contributed by atoms with van der Waals surface area (Å²) in [6, 6.07) is 5.88. The van der Waals surface area contributed by atoms with Crippen molar-refractivity contribution in [3.8, 4) is 0 Å². The van der Waals surface area contributed by atoms with E-state index in [4.69, 9.17) is 0 Å². The Morgan fingerprint density at radius 2 is 1.81 bits per heavy atom. The van der Waals surface area contributed by atoms with E-state index in [1.54, 1.807) is 19.2 Å². The molecule has 3 N–H and O–H groups in total. The van der Waals surface area contributed by atoms with E-state index < -0.39 is 0 Å². The fourth-order valence-electron chi connectivity index (χ4n) is 3.31. The standard InChI is InChI=1S/C20H32FN5.HI/c1-14(2)26(15(3)4)11-10-24-20(22-5)23-9-8-16-13-25-19-7-6-17(21)12-18(16)19;/h6-7,12-15,25H,8-11H2,1-5H3,(H2,22,23,24);1H. The van der Waals surface area contributed by atoms with Crippen molar-refractivity contribution >= 4 is 40.8 Å². The van der Waals surface area contributed by atoms with E-state index in [0.29, 0.717) is 12.1 Å². The molecule has 0 atom stereocenters. The third kappa shape index (κ3) is 6.95. The SMILES string of the molecule is CN=C(NCCc1c[nH]c2ccc(F)cc12)NCCN(C(C)C)C(C)C.I. The van der Waals surface area contributed by atoms with Gasteiger partial charge in [-0.15, -0.1) is 24.0 Å². The number of nitrogens with one attached hydrogen (secondary N) is 3. The molecule has 0 bridgehead atoms. The highest BCUT2D eigenvalue weighted by molar-refractivity contribution is 14.0. The number of aromatic nitrogens is 1. The average molecular weight is 489 g/mol. The van der Waals surface area contributed by atoms with Crippen LogP contribution in [0.1, 0.15) is 33.3 Å². The van der Waals surface area contributed by atoms with Gasteiger partial charge < -0.3 is 15.6 Å². The van der Waals surface area contributed by atoms with Crippen molar-refractivity contribution < 1.29 is 4.39 Å². The second-order valence-electron chi connectivity index (χ2n) is 7.10. The molecule has 0 radical (unpaired) electrons. The van der Waals surface area contributed by atoms with Crippen molar-refractivity contribution in [3.05, 3.63) is 35.8 Å². The molecule has 0 fully saturated rings. The van der Waals surface area contributed by atoms with Gasteiger partial charge in [0.15, 0.2) is 5.96 Å². The molecule has 1 aromatic carbocycles. The first-order valence-corrected chi connectivity index (χ1v) is 9.38. The molecule has 2 rings (SSSR count). The predicted octanol–water partition coefficient (Wildman–Crippen LogP) is 3.75. The van der Waals surface area contributed by atoms with Gasteiger partial charge in [0, 0.05) is 55.9 Å². The molecule has 0 aliphatic carbocycles. The summed E-state index contributed by atoms with van der Waals surface area (Å²) in [5, 5.41) is 7.64. The smallest absolute Gasteiger partial charge is 0.191 e. The quantitative estimate of drug-likeness (QED) is 0.301. The van der Waals surface area contributed by atoms with Crippen LogP contribution in [0.25, 0.3) is 10.9 Å². The Balaban J connectivity index is 0.00000364. The van der Waals surface area contributed by atoms with Crippen molar-refractivity contribution in [1.29, 1.82) is 0 Å². The normalized spacial score (nSPS) is 12.1. The Bertz CT molecular complexity index is 718. The summed E-state index contributed by atoms with van der Waals surface area (Å²) in [6.07, 6.45) is 2.75. The molecule has 1 heterocycles. The van der Waals surface area contributed by atoms with Crippen LogP contribution in [0.2, 0.25) is 0 Å². The van der Waals surface area contributed by atoms with Gasteiger partial charge in [-0.3, -0.25) is 9.89 Å². The number of benzene rings is 1. The lowest BCUT2D eigenvalue weighted by atomic mass is 10.1. The third-order valence-corrected chi connectivity index (χ3v) is 4.63. The largest absolute Gasteiger partial charge is 0.361 e. The number of hydrogen-bond donors (Lipinski definition) is 3. The molecule has 0 saturated carbocycles. The Labute approximate surface area is 179 Å². The Kier molecular flexibility index (Phi) is 10.1. The van der Waals surface area contributed by atoms with Crippen molar-refractivity contribution in [2.75, 3.05) is 26.7 Å². The van der Waals surface area contributed by atoms with E-state index in [1.807, 2.05) is 6.20 Å². The zero-order valence-corrected chi connectivity index (χ0v) is 19.3. The van der Waals surface area contributed by atoms with Crippen molar-refractivity contribution in [2.45, 2.75) is 46.2 Å². The lowest BCUT2D eigenvalue weighted by Gasteiger charge is -2.30. The van der Waals surface area contributed by atoms with E-state index >= 15 is 0 Å². The molecule has 152 valence electrons. The van der Waals surface area contributed by atoms with Crippen LogP contribution in [0.3, 0.4) is 0 Å². The number of rotatable bonds is 8. The summed E-state index contributed by atoms with van der Waals surface area (Å²) in [5.74, 6) is 0.590. The van der Waals surface area contributed by atoms with Gasteiger partial charge in [-0.1, -0.05) is 0 Å². The van der Waals surface area contributed by atoms with E-state index in [0.717, 1.165) is 48.5 Å². The number of H-pyrrole nitrogens is 1. The number of guanidine groups is 1. The molecule has 0 amide bonds. The van der Waals surface area contributed by atoms with Gasteiger partial charge in [-0.05, 0) is 57.9 Å². The average Bonchev–Trinajstić information content (AvgIpc) is 2.98. The molecule has 7 heteroatoms. The predicted molar refractivity (Wildman–Crippen MR) is 124 cm³/mol. The maximum Gasteiger partial charge on any atom is 0.191 e. The number of aliphatic imine (C=N–C) groups is 1. The number of fused-ring (bicyclic) bond motifs is 1. The molecule has 0 aliphatic heterocycles. The Hall–Kier alpha value is -1.35. The topological polar surface area (TPSA) is 55.5 Å². The van der Waals surface area contributed by atoms with Crippen LogP contribution < -0.4 is 10.6 Å². The summed E-state index contributed by atoms with van der Waals surface area (Å²) in [6.45, 7) is 11.4. The first kappa shape index (κ1) is 23.7. The van der Waals surface area contributed by atoms with Gasteiger partial charge in [0.1, 0.15) is 5.82 Å². The summed E-state index contributed by atoms with van der Waals surface area (Å²) in [4.78, 5) is 9.91. The lowest BCUT2D eigenvalue weighted by molar-refractivity contribution is 0.178. The molecule has 0 aliphatic rings. The first-order valence-electron chi connectivity index (χ1n) is 9.38. The maximum absolute atomic E-state index is 13.5. The second-order valence-corrected chi connectivity index (χ2v) is 7.10. The lowest BCUT2D eigenvalue weighted by Crippen LogP contribution is -2.45. The summed E-state index contributed by atoms with van der Waals surface area (Å²) < 4.78 is 13.5. The van der Waals surface area contributed by atoms with Crippen LogP contribution in [0, 0.1) is 5.82 Å². The molecular formula is C20H33FIN5. The number of nitrogens with zero attached hydrogens (tertiary/aromatic N) is 2. The number of halogens is 2. The minimum Gasteiger partial charge on any atom is -0.361 e. The molecule has 27 heavy (non-hydrogen) atoms. The van der Waals surface area contributed by atoms with Gasteiger partial charge in [-0.2, -0.15) is 0 Å². The minimum atomic E-state index is -0.205. The molecule has 0 saturated heterocycles. The third-order valence-electron chi connectivity index (χ3n) is 4.63. The van der Waals surface area contributed by atoms with E-state index in [-0.39, 0.29) is 29.8 Å². The first-order chi connectivity index (χ1) is 12.4. The van der Waals surface area contributed by atoms with E-state index in [2.05, 4.69) is 53.2 Å². The van der Waals surface area contributed by atoms with Crippen molar-refractivity contribution in [2.24, 2.45) is 4.99 Å². The second kappa shape index (κ2) is 11.5. The molecule has 5 nitrogen and oxygen atoms in total. The Morgan fingerprint density at radius 3 is 2.44 bits per heavy atom. The molecular weight excluding hydrogens is 456 g/mol. The highest BCUT2D eigenvalue weighted by atomic mass is 127. The van der Waals surface area contributed by atoms with Crippen LogP contribution in [0.4, 0.5) is 4.39 Å². The minimum absolute atomic E-state index is 0. The van der Waals surface area contributed by atoms with E-state index in [1.165, 1.54) is 6.07 Å². The van der Waals surface area contributed by atoms with Crippen molar-refractivity contribution in [1.82, 2.24) is 20.5 Å². The Morgan fingerprint density at radius 1 is 1.15 bits per heavy atom. The molecule has 0 unspecified atom stereocenters. The van der Waals surface area contributed by atoms with Crippen LogP contribution in [0.5, 0.6) is 0 Å². The maximum atomic E-state index is 13.5. The number of aromatic amines is 1. The zero-order chi connectivity index (χ0) is 19.1. The van der Waals surface area contributed by atoms with Crippen LogP contribution in [-0.4, -0.2) is 54.6 Å². The molecule has 0 spiro atoms. The molecule has 1 aromatic heterocycles. The summed E-state index contributed by atoms with van der Waals surface area (Å²) in [5.41, 5.74) is 2.07. The molecule has 2 aromatic rings. The van der Waals surface area contributed by atoms with Crippen LogP contribution in [-0.2, 0) is 6.42 Å². The highest BCUT2D eigenvalue weighted by Crippen LogP contribution is 2.19. The summed E-state index contributed by atoms with van der Waals surface area (Å²) >= 11 is 0. The van der Waals surface area contributed by atoms with Gasteiger partial charge in [0.05, 0.1) is 0 Å².